The number of ether oxygens (including phenoxy) is 2. The Morgan fingerprint density at radius 1 is 1.19 bits per heavy atom. The van der Waals surface area contributed by atoms with Crippen molar-refractivity contribution in [1.29, 1.82) is 0 Å². The molecule has 0 aliphatic rings. The number of unbranched alkanes of at least 4 members (excludes halogenated alkanes) is 1. The second-order valence-corrected chi connectivity index (χ2v) is 4.04. The van der Waals surface area contributed by atoms with Crippen LogP contribution in [0, 0.1) is 5.82 Å². The molecule has 90 valence electrons. The van der Waals surface area contributed by atoms with Gasteiger partial charge in [0.05, 0.1) is 6.61 Å². The van der Waals surface area contributed by atoms with E-state index in [0.717, 1.165) is 25.0 Å². The lowest BCUT2D eigenvalue weighted by molar-refractivity contribution is 0.184. The van der Waals surface area contributed by atoms with E-state index in [2.05, 4.69) is 15.9 Å². The van der Waals surface area contributed by atoms with Gasteiger partial charge in [0.25, 0.3) is 0 Å². The monoisotopic (exact) mass is 290 g/mol. The molecule has 0 bridgehead atoms. The van der Waals surface area contributed by atoms with Gasteiger partial charge in [-0.3, -0.25) is 0 Å². The molecular formula is C12H16BrFO2. The fourth-order valence-electron chi connectivity index (χ4n) is 1.32. The normalized spacial score (nSPS) is 10.4. The predicted octanol–water partition coefficient (Wildman–Crippen LogP) is 3.53. The zero-order valence-electron chi connectivity index (χ0n) is 9.34. The van der Waals surface area contributed by atoms with Gasteiger partial charge in [-0.1, -0.05) is 15.9 Å². The predicted molar refractivity (Wildman–Crippen MR) is 65.6 cm³/mol. The fourth-order valence-corrected chi connectivity index (χ4v) is 1.64. The van der Waals surface area contributed by atoms with Crippen LogP contribution in [-0.4, -0.2) is 20.3 Å². The summed E-state index contributed by atoms with van der Waals surface area (Å²) in [6, 6.07) is 4.74. The van der Waals surface area contributed by atoms with Crippen molar-refractivity contribution >= 4 is 15.9 Å². The molecule has 0 unspecified atom stereocenters. The van der Waals surface area contributed by atoms with Crippen molar-refractivity contribution in [2.45, 2.75) is 18.2 Å². The van der Waals surface area contributed by atoms with E-state index in [4.69, 9.17) is 9.47 Å². The number of rotatable bonds is 7. The van der Waals surface area contributed by atoms with Crippen LogP contribution in [0.4, 0.5) is 4.39 Å². The van der Waals surface area contributed by atoms with E-state index in [1.165, 1.54) is 12.1 Å². The molecule has 0 heterocycles. The van der Waals surface area contributed by atoms with Gasteiger partial charge >= 0.3 is 0 Å². The van der Waals surface area contributed by atoms with E-state index in [1.54, 1.807) is 7.11 Å². The van der Waals surface area contributed by atoms with Gasteiger partial charge in [0.1, 0.15) is 11.6 Å². The quantitative estimate of drug-likeness (QED) is 0.565. The van der Waals surface area contributed by atoms with Crippen molar-refractivity contribution in [3.05, 3.63) is 29.6 Å². The molecular weight excluding hydrogens is 275 g/mol. The Bertz CT molecular complexity index is 318. The van der Waals surface area contributed by atoms with Gasteiger partial charge in [-0.15, -0.1) is 0 Å². The van der Waals surface area contributed by atoms with Crippen molar-refractivity contribution in [2.75, 3.05) is 20.3 Å². The largest absolute Gasteiger partial charge is 0.493 e. The molecule has 1 rings (SSSR count). The molecule has 2 nitrogen and oxygen atoms in total. The van der Waals surface area contributed by atoms with Gasteiger partial charge in [-0.25, -0.2) is 4.39 Å². The van der Waals surface area contributed by atoms with Crippen LogP contribution in [0.3, 0.4) is 0 Å². The summed E-state index contributed by atoms with van der Waals surface area (Å²) in [5.41, 5.74) is 0.881. The summed E-state index contributed by atoms with van der Waals surface area (Å²) in [5, 5.41) is 0.630. The number of hydrogen-bond acceptors (Lipinski definition) is 2. The van der Waals surface area contributed by atoms with Crippen LogP contribution < -0.4 is 4.74 Å². The number of methoxy groups -OCH3 is 1. The highest BCUT2D eigenvalue weighted by atomic mass is 79.9. The molecule has 0 aliphatic heterocycles. The molecule has 0 N–H and O–H groups in total. The molecule has 1 aromatic rings. The van der Waals surface area contributed by atoms with Crippen LogP contribution in [0.2, 0.25) is 0 Å². The van der Waals surface area contributed by atoms with Crippen LogP contribution in [0.5, 0.6) is 5.75 Å². The van der Waals surface area contributed by atoms with E-state index in [1.807, 2.05) is 6.07 Å². The SMILES string of the molecule is COCCCCOc1cc(F)cc(CBr)c1. The molecule has 0 spiro atoms. The van der Waals surface area contributed by atoms with Crippen molar-refractivity contribution < 1.29 is 13.9 Å². The van der Waals surface area contributed by atoms with Gasteiger partial charge in [0, 0.05) is 25.1 Å². The molecule has 0 aliphatic carbocycles. The molecule has 0 fully saturated rings. The molecule has 0 aromatic heterocycles. The first-order chi connectivity index (χ1) is 7.76. The highest BCUT2D eigenvalue weighted by Crippen LogP contribution is 2.18. The van der Waals surface area contributed by atoms with Crippen LogP contribution in [-0.2, 0) is 10.1 Å². The van der Waals surface area contributed by atoms with Crippen LogP contribution in [0.1, 0.15) is 18.4 Å². The van der Waals surface area contributed by atoms with Gasteiger partial charge in [0.15, 0.2) is 0 Å². The van der Waals surface area contributed by atoms with Crippen molar-refractivity contribution in [3.8, 4) is 5.75 Å². The third-order valence-electron chi connectivity index (χ3n) is 2.10. The zero-order valence-corrected chi connectivity index (χ0v) is 10.9. The van der Waals surface area contributed by atoms with Crippen LogP contribution in [0.25, 0.3) is 0 Å². The van der Waals surface area contributed by atoms with E-state index in [0.29, 0.717) is 17.7 Å². The van der Waals surface area contributed by atoms with Crippen LogP contribution >= 0.6 is 15.9 Å². The Morgan fingerprint density at radius 2 is 1.94 bits per heavy atom. The minimum Gasteiger partial charge on any atom is -0.493 e. The maximum Gasteiger partial charge on any atom is 0.127 e. The Kier molecular flexibility index (Phi) is 6.42. The third-order valence-corrected chi connectivity index (χ3v) is 2.74. The summed E-state index contributed by atoms with van der Waals surface area (Å²) < 4.78 is 23.5. The second kappa shape index (κ2) is 7.63. The zero-order chi connectivity index (χ0) is 11.8. The Balaban J connectivity index is 2.38. The smallest absolute Gasteiger partial charge is 0.127 e. The molecule has 0 saturated heterocycles. The molecule has 0 atom stereocenters. The Labute approximate surface area is 104 Å². The van der Waals surface area contributed by atoms with Gasteiger partial charge < -0.3 is 9.47 Å². The van der Waals surface area contributed by atoms with E-state index >= 15 is 0 Å². The maximum atomic E-state index is 13.1. The summed E-state index contributed by atoms with van der Waals surface area (Å²) in [6.07, 6.45) is 1.87. The lowest BCUT2D eigenvalue weighted by Crippen LogP contribution is -2.00. The van der Waals surface area contributed by atoms with Crippen LogP contribution in [0.15, 0.2) is 18.2 Å². The Hall–Kier alpha value is -0.610. The maximum absolute atomic E-state index is 13.1. The van der Waals surface area contributed by atoms with Gasteiger partial charge in [-0.2, -0.15) is 0 Å². The molecule has 0 amide bonds. The lowest BCUT2D eigenvalue weighted by Gasteiger charge is -2.07. The van der Waals surface area contributed by atoms with Gasteiger partial charge in [-0.05, 0) is 30.5 Å². The number of halogens is 2. The van der Waals surface area contributed by atoms with Crippen molar-refractivity contribution in [3.63, 3.8) is 0 Å². The van der Waals surface area contributed by atoms with E-state index in [-0.39, 0.29) is 5.82 Å². The minimum atomic E-state index is -0.260. The summed E-state index contributed by atoms with van der Waals surface area (Å²) in [7, 11) is 1.68. The van der Waals surface area contributed by atoms with Crippen molar-refractivity contribution in [2.24, 2.45) is 0 Å². The first-order valence-corrected chi connectivity index (χ1v) is 6.35. The van der Waals surface area contributed by atoms with E-state index in [9.17, 15) is 4.39 Å². The highest BCUT2D eigenvalue weighted by molar-refractivity contribution is 9.08. The van der Waals surface area contributed by atoms with E-state index < -0.39 is 0 Å². The molecule has 1 aromatic carbocycles. The molecule has 4 heteroatoms. The van der Waals surface area contributed by atoms with Gasteiger partial charge in [0.2, 0.25) is 0 Å². The lowest BCUT2D eigenvalue weighted by atomic mass is 10.2. The number of hydrogen-bond donors (Lipinski definition) is 0. The average molecular weight is 291 g/mol. The summed E-state index contributed by atoms with van der Waals surface area (Å²) in [4.78, 5) is 0. The first-order valence-electron chi connectivity index (χ1n) is 5.23. The summed E-state index contributed by atoms with van der Waals surface area (Å²) in [5.74, 6) is 0.329. The second-order valence-electron chi connectivity index (χ2n) is 3.48. The summed E-state index contributed by atoms with van der Waals surface area (Å²) >= 11 is 3.29. The summed E-state index contributed by atoms with van der Waals surface area (Å²) in [6.45, 7) is 1.33. The molecule has 0 radical (unpaired) electrons. The average Bonchev–Trinajstić information content (AvgIpc) is 2.28. The number of benzene rings is 1. The first kappa shape index (κ1) is 13.5. The third kappa shape index (κ3) is 4.94. The standard InChI is InChI=1S/C12H16BrFO2/c1-15-4-2-3-5-16-12-7-10(9-13)6-11(14)8-12/h6-8H,2-5,9H2,1H3. The molecule has 0 saturated carbocycles. The Morgan fingerprint density at radius 3 is 2.62 bits per heavy atom. The fraction of sp³-hybridized carbons (Fsp3) is 0.500. The molecule has 16 heavy (non-hydrogen) atoms. The topological polar surface area (TPSA) is 18.5 Å². The minimum absolute atomic E-state index is 0.260. The highest BCUT2D eigenvalue weighted by Gasteiger charge is 2.01. The van der Waals surface area contributed by atoms with Crippen molar-refractivity contribution in [1.82, 2.24) is 0 Å². The number of alkyl halides is 1.